The average molecular weight is 646 g/mol. The Bertz CT molecular complexity index is 1460. The smallest absolute Gasteiger partial charge is 0.417 e. The highest BCUT2D eigenvalue weighted by molar-refractivity contribution is 5.73. The van der Waals surface area contributed by atoms with Crippen LogP contribution in [0.3, 0.4) is 0 Å². The van der Waals surface area contributed by atoms with Gasteiger partial charge in [-0.2, -0.15) is 52.7 Å². The molecule has 0 aliphatic carbocycles. The van der Waals surface area contributed by atoms with Crippen LogP contribution in [0.2, 0.25) is 0 Å². The number of hydrogen-bond acceptors (Lipinski definition) is 4. The van der Waals surface area contributed by atoms with Crippen LogP contribution in [0.1, 0.15) is 58.4 Å². The van der Waals surface area contributed by atoms with Gasteiger partial charge in [0.25, 0.3) is 0 Å². The number of ether oxygens (including phenoxy) is 2. The van der Waals surface area contributed by atoms with Gasteiger partial charge in [0.1, 0.15) is 0 Å². The third-order valence-corrected chi connectivity index (χ3v) is 7.15. The summed E-state index contributed by atoms with van der Waals surface area (Å²) >= 11 is 0. The van der Waals surface area contributed by atoms with E-state index in [4.69, 9.17) is 15.2 Å². The lowest BCUT2D eigenvalue weighted by Gasteiger charge is -2.38. The summed E-state index contributed by atoms with van der Waals surface area (Å²) in [6, 6.07) is 2.65. The van der Waals surface area contributed by atoms with Crippen molar-refractivity contribution in [1.29, 1.82) is 0 Å². The number of rotatable bonds is 7. The number of halogens is 12. The van der Waals surface area contributed by atoms with Crippen LogP contribution >= 0.6 is 0 Å². The molecule has 1 unspecified atom stereocenters. The first-order valence-corrected chi connectivity index (χ1v) is 12.7. The van der Waals surface area contributed by atoms with Crippen LogP contribution in [0.4, 0.5) is 52.7 Å². The first kappa shape index (κ1) is 33.4. The van der Waals surface area contributed by atoms with E-state index < -0.39 is 70.6 Å². The Balaban J connectivity index is 1.66. The molecule has 2 aromatic carbocycles. The summed E-state index contributed by atoms with van der Waals surface area (Å²) in [7, 11) is 1.09. The Morgan fingerprint density at radius 1 is 0.773 bits per heavy atom. The molecule has 3 aromatic rings. The van der Waals surface area contributed by atoms with E-state index in [1.807, 2.05) is 0 Å². The molecule has 3 atom stereocenters. The Morgan fingerprint density at radius 3 is 1.82 bits per heavy atom. The monoisotopic (exact) mass is 646 g/mol. The minimum atomic E-state index is -5.09. The molecular weight excluding hydrogens is 624 g/mol. The minimum Gasteiger partial charge on any atom is -0.481 e. The van der Waals surface area contributed by atoms with E-state index in [0.29, 0.717) is 36.5 Å². The third-order valence-electron chi connectivity index (χ3n) is 7.15. The Labute approximate surface area is 241 Å². The average Bonchev–Trinajstić information content (AvgIpc) is 2.89. The van der Waals surface area contributed by atoms with E-state index in [9.17, 15) is 52.7 Å². The van der Waals surface area contributed by atoms with Crippen molar-refractivity contribution in [2.24, 2.45) is 11.7 Å². The lowest BCUT2D eigenvalue weighted by molar-refractivity contribution is -0.145. The maximum Gasteiger partial charge on any atom is 0.417 e. The van der Waals surface area contributed by atoms with E-state index in [2.05, 4.69) is 4.98 Å². The highest BCUT2D eigenvalue weighted by Gasteiger charge is 2.41. The second kappa shape index (κ2) is 11.8. The Kier molecular flexibility index (Phi) is 8.92. The number of aromatic nitrogens is 1. The molecule has 16 heteroatoms. The zero-order valence-corrected chi connectivity index (χ0v) is 22.3. The number of alkyl halides is 12. The van der Waals surface area contributed by atoms with Crippen molar-refractivity contribution in [2.45, 2.75) is 49.7 Å². The summed E-state index contributed by atoms with van der Waals surface area (Å²) in [5.74, 6) is -0.992. The number of nitrogens with two attached hydrogens (primary N) is 1. The van der Waals surface area contributed by atoms with Crippen LogP contribution in [-0.4, -0.2) is 18.7 Å². The standard InChI is InChI=1S/C28H22F12N2O2/c1-43-24-21(10-18(11-42-24)28(38,39)40)19-4-3-15(25(29,30)31)9-20(19)22(41)5-2-13-12-44-23(13)14-6-16(26(32,33)34)8-17(7-14)27(35,36)37/h3-4,6-11,13,22-23H,2,5,12,41H2,1H3/t13?,22-,23-/m0/s1. The predicted molar refractivity (Wildman–Crippen MR) is 131 cm³/mol. The van der Waals surface area contributed by atoms with Gasteiger partial charge in [-0.3, -0.25) is 0 Å². The number of hydrogen-bond donors (Lipinski definition) is 1. The second-order valence-electron chi connectivity index (χ2n) is 10.1. The second-order valence-corrected chi connectivity index (χ2v) is 10.1. The number of nitrogens with zero attached hydrogens (tertiary/aromatic N) is 1. The van der Waals surface area contributed by atoms with Crippen LogP contribution in [0.25, 0.3) is 11.1 Å². The lowest BCUT2D eigenvalue weighted by Crippen LogP contribution is -2.33. The van der Waals surface area contributed by atoms with Crippen LogP contribution in [0.5, 0.6) is 5.88 Å². The molecule has 0 bridgehead atoms. The van der Waals surface area contributed by atoms with Crippen LogP contribution in [-0.2, 0) is 29.4 Å². The van der Waals surface area contributed by atoms with E-state index in [0.717, 1.165) is 13.2 Å². The Morgan fingerprint density at radius 2 is 1.34 bits per heavy atom. The molecule has 0 saturated carbocycles. The zero-order chi connectivity index (χ0) is 32.8. The van der Waals surface area contributed by atoms with Gasteiger partial charge >= 0.3 is 24.7 Å². The molecule has 0 radical (unpaired) electrons. The maximum atomic E-state index is 13.6. The van der Waals surface area contributed by atoms with Crippen LogP contribution < -0.4 is 10.5 Å². The summed E-state index contributed by atoms with van der Waals surface area (Å²) in [6.07, 6.45) is -20.8. The number of methoxy groups -OCH3 is 1. The Hall–Kier alpha value is -3.53. The van der Waals surface area contributed by atoms with Gasteiger partial charge in [0.05, 0.1) is 42.1 Å². The molecule has 0 amide bonds. The van der Waals surface area contributed by atoms with Crippen molar-refractivity contribution in [2.75, 3.05) is 13.7 Å². The third kappa shape index (κ3) is 7.22. The van der Waals surface area contributed by atoms with E-state index in [1.165, 1.54) is 0 Å². The molecule has 1 saturated heterocycles. The highest BCUT2D eigenvalue weighted by atomic mass is 19.4. The SMILES string of the molecule is COc1ncc(C(F)(F)F)cc1-c1ccc(C(F)(F)F)cc1[C@@H](N)CCC1CO[C@@H]1c1cc(C(F)(F)F)cc(C(F)(F)F)c1. The molecule has 4 rings (SSSR count). The first-order valence-electron chi connectivity index (χ1n) is 12.7. The van der Waals surface area contributed by atoms with Gasteiger partial charge in [0.15, 0.2) is 0 Å². The molecule has 1 aliphatic heterocycles. The van der Waals surface area contributed by atoms with Gasteiger partial charge in [0.2, 0.25) is 5.88 Å². The van der Waals surface area contributed by atoms with Crippen LogP contribution in [0, 0.1) is 5.92 Å². The molecule has 240 valence electrons. The molecule has 0 spiro atoms. The van der Waals surface area contributed by atoms with E-state index >= 15 is 0 Å². The van der Waals surface area contributed by atoms with Gasteiger partial charge in [-0.1, -0.05) is 6.07 Å². The summed E-state index contributed by atoms with van der Waals surface area (Å²) < 4.78 is 171. The normalized spacial score (nSPS) is 18.6. The molecule has 4 nitrogen and oxygen atoms in total. The molecule has 2 heterocycles. The minimum absolute atomic E-state index is 0.0168. The van der Waals surface area contributed by atoms with Gasteiger partial charge in [-0.15, -0.1) is 0 Å². The van der Waals surface area contributed by atoms with Crippen molar-refractivity contribution >= 4 is 0 Å². The summed E-state index contributed by atoms with van der Waals surface area (Å²) in [5, 5.41) is 0. The van der Waals surface area contributed by atoms with Crippen molar-refractivity contribution in [1.82, 2.24) is 4.98 Å². The molecule has 44 heavy (non-hydrogen) atoms. The summed E-state index contributed by atoms with van der Waals surface area (Å²) in [4.78, 5) is 3.62. The number of benzene rings is 2. The molecule has 1 aromatic heterocycles. The highest BCUT2D eigenvalue weighted by Crippen LogP contribution is 2.45. The fraction of sp³-hybridized carbons (Fsp3) is 0.393. The summed E-state index contributed by atoms with van der Waals surface area (Å²) in [6.45, 7) is -0.0875. The lowest BCUT2D eigenvalue weighted by atomic mass is 9.83. The van der Waals surface area contributed by atoms with Crippen LogP contribution in [0.15, 0.2) is 48.7 Å². The molecule has 2 N–H and O–H groups in total. The van der Waals surface area contributed by atoms with Gasteiger partial charge in [0, 0.05) is 23.7 Å². The molecule has 1 fully saturated rings. The quantitative estimate of drug-likeness (QED) is 0.261. The zero-order valence-electron chi connectivity index (χ0n) is 22.3. The summed E-state index contributed by atoms with van der Waals surface area (Å²) in [5.41, 5.74) is -0.248. The first-order chi connectivity index (χ1) is 20.2. The van der Waals surface area contributed by atoms with Crippen molar-refractivity contribution < 1.29 is 62.2 Å². The van der Waals surface area contributed by atoms with Gasteiger partial charge in [-0.05, 0) is 65.9 Å². The predicted octanol–water partition coefficient (Wildman–Crippen LogP) is 9.00. The number of pyridine rings is 1. The van der Waals surface area contributed by atoms with Crippen molar-refractivity contribution in [3.8, 4) is 17.0 Å². The fourth-order valence-electron chi connectivity index (χ4n) is 4.88. The fourth-order valence-corrected chi connectivity index (χ4v) is 4.88. The van der Waals surface area contributed by atoms with E-state index in [1.54, 1.807) is 0 Å². The van der Waals surface area contributed by atoms with Gasteiger partial charge < -0.3 is 15.2 Å². The maximum absolute atomic E-state index is 13.6. The van der Waals surface area contributed by atoms with Gasteiger partial charge in [-0.25, -0.2) is 4.98 Å². The van der Waals surface area contributed by atoms with Crippen molar-refractivity contribution in [3.05, 3.63) is 82.0 Å². The largest absolute Gasteiger partial charge is 0.481 e. The van der Waals surface area contributed by atoms with E-state index in [-0.39, 0.29) is 48.1 Å². The van der Waals surface area contributed by atoms with Crippen molar-refractivity contribution in [3.63, 3.8) is 0 Å². The topological polar surface area (TPSA) is 57.4 Å². The molecular formula is C28H22F12N2O2. The molecule has 1 aliphatic rings.